The van der Waals surface area contributed by atoms with Crippen LogP contribution in [0.1, 0.15) is 38.7 Å². The van der Waals surface area contributed by atoms with E-state index in [0.717, 1.165) is 17.3 Å². The number of hydrogen-bond acceptors (Lipinski definition) is 1. The quantitative estimate of drug-likeness (QED) is 0.797. The first-order valence-electron chi connectivity index (χ1n) is 6.51. The van der Waals surface area contributed by atoms with Crippen LogP contribution in [-0.4, -0.2) is 17.3 Å². The predicted octanol–water partition coefficient (Wildman–Crippen LogP) is 3.72. The van der Waals surface area contributed by atoms with Crippen molar-refractivity contribution in [1.82, 2.24) is 5.32 Å². The molecule has 0 radical (unpaired) electrons. The van der Waals surface area contributed by atoms with Crippen molar-refractivity contribution in [1.29, 1.82) is 0 Å². The van der Waals surface area contributed by atoms with Gasteiger partial charge < -0.3 is 5.32 Å². The number of nitrogens with one attached hydrogen (secondary N) is 1. The number of carbonyl (C=O) groups is 1. The molecule has 0 heterocycles. The van der Waals surface area contributed by atoms with E-state index in [9.17, 15) is 4.79 Å². The lowest BCUT2D eigenvalue weighted by molar-refractivity contribution is -0.123. The molecule has 0 aliphatic carbocycles. The summed E-state index contributed by atoms with van der Waals surface area (Å²) in [6.07, 6.45) is 0.822. The molecule has 3 heteroatoms. The van der Waals surface area contributed by atoms with E-state index in [1.54, 1.807) is 0 Å². The summed E-state index contributed by atoms with van der Waals surface area (Å²) < 4.78 is 0. The molecule has 0 spiro atoms. The van der Waals surface area contributed by atoms with Crippen molar-refractivity contribution in [3.8, 4) is 0 Å². The SMILES string of the molecule is CCC(C(=O)NC(CBr)C(C)C)c1ccccc1. The summed E-state index contributed by atoms with van der Waals surface area (Å²) in [5, 5.41) is 3.92. The van der Waals surface area contributed by atoms with Gasteiger partial charge in [0.2, 0.25) is 5.91 Å². The summed E-state index contributed by atoms with van der Waals surface area (Å²) in [4.78, 5) is 12.3. The Hall–Kier alpha value is -0.830. The van der Waals surface area contributed by atoms with Crippen molar-refractivity contribution < 1.29 is 4.79 Å². The Morgan fingerprint density at radius 1 is 1.28 bits per heavy atom. The third-order valence-electron chi connectivity index (χ3n) is 3.23. The van der Waals surface area contributed by atoms with E-state index in [0.29, 0.717) is 5.92 Å². The maximum atomic E-state index is 12.3. The zero-order valence-electron chi connectivity index (χ0n) is 11.3. The van der Waals surface area contributed by atoms with Crippen molar-refractivity contribution in [2.24, 2.45) is 5.92 Å². The largest absolute Gasteiger partial charge is 0.352 e. The average Bonchev–Trinajstić information content (AvgIpc) is 2.37. The van der Waals surface area contributed by atoms with Crippen LogP contribution in [0.15, 0.2) is 30.3 Å². The van der Waals surface area contributed by atoms with Gasteiger partial charge in [-0.25, -0.2) is 0 Å². The van der Waals surface area contributed by atoms with Crippen LogP contribution in [0.25, 0.3) is 0 Å². The minimum atomic E-state index is -0.0495. The van der Waals surface area contributed by atoms with Crippen LogP contribution >= 0.6 is 15.9 Å². The number of halogens is 1. The maximum Gasteiger partial charge on any atom is 0.227 e. The fourth-order valence-corrected chi connectivity index (χ4v) is 2.83. The second-order valence-corrected chi connectivity index (χ2v) is 5.53. The molecule has 0 saturated heterocycles. The molecule has 0 aliphatic heterocycles. The summed E-state index contributed by atoms with van der Waals surface area (Å²) in [5.74, 6) is 0.509. The molecule has 2 atom stereocenters. The Labute approximate surface area is 118 Å². The molecule has 2 unspecified atom stereocenters. The minimum Gasteiger partial charge on any atom is -0.352 e. The maximum absolute atomic E-state index is 12.3. The minimum absolute atomic E-state index is 0.0495. The Kier molecular flexibility index (Phi) is 6.41. The molecule has 1 N–H and O–H groups in total. The van der Waals surface area contributed by atoms with Crippen molar-refractivity contribution in [2.45, 2.75) is 39.2 Å². The van der Waals surface area contributed by atoms with E-state index in [1.807, 2.05) is 30.3 Å². The van der Waals surface area contributed by atoms with Gasteiger partial charge in [0.1, 0.15) is 0 Å². The Morgan fingerprint density at radius 2 is 1.89 bits per heavy atom. The average molecular weight is 312 g/mol. The van der Waals surface area contributed by atoms with Gasteiger partial charge >= 0.3 is 0 Å². The fraction of sp³-hybridized carbons (Fsp3) is 0.533. The van der Waals surface area contributed by atoms with Gasteiger partial charge in [-0.05, 0) is 17.9 Å². The monoisotopic (exact) mass is 311 g/mol. The van der Waals surface area contributed by atoms with Crippen LogP contribution in [0.5, 0.6) is 0 Å². The van der Waals surface area contributed by atoms with Gasteiger partial charge in [-0.15, -0.1) is 0 Å². The highest BCUT2D eigenvalue weighted by molar-refractivity contribution is 9.09. The number of alkyl halides is 1. The summed E-state index contributed by atoms with van der Waals surface area (Å²) in [5.41, 5.74) is 1.09. The first-order chi connectivity index (χ1) is 8.60. The molecular formula is C15H22BrNO. The molecule has 0 aliphatic rings. The topological polar surface area (TPSA) is 29.1 Å². The third kappa shape index (κ3) is 4.13. The molecule has 0 aromatic heterocycles. The lowest BCUT2D eigenvalue weighted by atomic mass is 9.94. The van der Waals surface area contributed by atoms with Crippen LogP contribution in [-0.2, 0) is 4.79 Å². The molecule has 1 amide bonds. The predicted molar refractivity (Wildman–Crippen MR) is 80.0 cm³/mol. The van der Waals surface area contributed by atoms with E-state index < -0.39 is 0 Å². The molecule has 0 bridgehead atoms. The summed E-state index contributed by atoms with van der Waals surface area (Å²) in [6.45, 7) is 6.29. The molecule has 1 aromatic rings. The Morgan fingerprint density at radius 3 is 2.33 bits per heavy atom. The van der Waals surface area contributed by atoms with Crippen molar-refractivity contribution in [2.75, 3.05) is 5.33 Å². The number of rotatable bonds is 6. The molecular weight excluding hydrogens is 290 g/mol. The summed E-state index contributed by atoms with van der Waals surface area (Å²) in [6, 6.07) is 10.2. The van der Waals surface area contributed by atoms with Crippen molar-refractivity contribution >= 4 is 21.8 Å². The van der Waals surface area contributed by atoms with Crippen LogP contribution in [0.4, 0.5) is 0 Å². The van der Waals surface area contributed by atoms with Crippen LogP contribution in [0, 0.1) is 5.92 Å². The van der Waals surface area contributed by atoms with Crippen molar-refractivity contribution in [3.05, 3.63) is 35.9 Å². The Bertz CT molecular complexity index is 364. The molecule has 1 rings (SSSR count). The van der Waals surface area contributed by atoms with Crippen LogP contribution < -0.4 is 5.32 Å². The molecule has 0 saturated carbocycles. The van der Waals surface area contributed by atoms with E-state index in [1.165, 1.54) is 0 Å². The number of amides is 1. The van der Waals surface area contributed by atoms with Crippen LogP contribution in [0.2, 0.25) is 0 Å². The number of carbonyl (C=O) groups excluding carboxylic acids is 1. The number of benzene rings is 1. The molecule has 1 aromatic carbocycles. The van der Waals surface area contributed by atoms with Gasteiger partial charge in [-0.2, -0.15) is 0 Å². The van der Waals surface area contributed by atoms with Gasteiger partial charge in [0.25, 0.3) is 0 Å². The van der Waals surface area contributed by atoms with Gasteiger partial charge in [0.05, 0.1) is 5.92 Å². The molecule has 18 heavy (non-hydrogen) atoms. The third-order valence-corrected chi connectivity index (χ3v) is 3.92. The van der Waals surface area contributed by atoms with Crippen molar-refractivity contribution in [3.63, 3.8) is 0 Å². The fourth-order valence-electron chi connectivity index (χ4n) is 1.92. The van der Waals surface area contributed by atoms with E-state index in [4.69, 9.17) is 0 Å². The van der Waals surface area contributed by atoms with Gasteiger partial charge in [0.15, 0.2) is 0 Å². The highest BCUT2D eigenvalue weighted by Gasteiger charge is 2.22. The standard InChI is InChI=1S/C15H22BrNO/c1-4-13(12-8-6-5-7-9-12)15(18)17-14(10-16)11(2)3/h5-9,11,13-14H,4,10H2,1-3H3,(H,17,18). The summed E-state index contributed by atoms with van der Waals surface area (Å²) >= 11 is 3.46. The number of hydrogen-bond donors (Lipinski definition) is 1. The first-order valence-corrected chi connectivity index (χ1v) is 7.63. The molecule has 2 nitrogen and oxygen atoms in total. The lowest BCUT2D eigenvalue weighted by Gasteiger charge is -2.23. The van der Waals surface area contributed by atoms with E-state index in [-0.39, 0.29) is 17.9 Å². The van der Waals surface area contributed by atoms with Crippen LogP contribution in [0.3, 0.4) is 0 Å². The zero-order valence-corrected chi connectivity index (χ0v) is 12.9. The molecule has 0 fully saturated rings. The highest BCUT2D eigenvalue weighted by Crippen LogP contribution is 2.20. The normalized spacial score (nSPS) is 14.3. The smallest absolute Gasteiger partial charge is 0.227 e. The second kappa shape index (κ2) is 7.57. The van der Waals surface area contributed by atoms with Gasteiger partial charge in [-0.1, -0.05) is 67.0 Å². The lowest BCUT2D eigenvalue weighted by Crippen LogP contribution is -2.42. The molecule has 100 valence electrons. The highest BCUT2D eigenvalue weighted by atomic mass is 79.9. The Balaban J connectivity index is 2.74. The second-order valence-electron chi connectivity index (χ2n) is 4.88. The summed E-state index contributed by atoms with van der Waals surface area (Å²) in [7, 11) is 0. The van der Waals surface area contributed by atoms with Gasteiger partial charge in [-0.3, -0.25) is 4.79 Å². The zero-order chi connectivity index (χ0) is 13.5. The van der Waals surface area contributed by atoms with Gasteiger partial charge in [0, 0.05) is 11.4 Å². The first kappa shape index (κ1) is 15.2. The van der Waals surface area contributed by atoms with E-state index in [2.05, 4.69) is 42.0 Å². The van der Waals surface area contributed by atoms with E-state index >= 15 is 0 Å².